The molecular weight excluding hydrogens is 344 g/mol. The summed E-state index contributed by atoms with van der Waals surface area (Å²) in [4.78, 5) is 6.49. The molecule has 0 bridgehead atoms. The molecule has 0 radical (unpaired) electrons. The number of ether oxygens (including phenoxy) is 2. The van der Waals surface area contributed by atoms with Crippen LogP contribution in [0, 0.1) is 0 Å². The molecule has 1 aromatic heterocycles. The van der Waals surface area contributed by atoms with Crippen molar-refractivity contribution >= 4 is 0 Å². The number of hydrogen-bond acceptors (Lipinski definition) is 6. The first-order valence-electron chi connectivity index (χ1n) is 8.84. The highest BCUT2D eigenvalue weighted by molar-refractivity contribution is 5.55. The van der Waals surface area contributed by atoms with Crippen LogP contribution >= 0.6 is 0 Å². The number of methoxy groups -OCH3 is 2. The fourth-order valence-corrected chi connectivity index (χ4v) is 3.58. The third-order valence-electron chi connectivity index (χ3n) is 4.83. The minimum absolute atomic E-state index is 0.472. The Kier molecular flexibility index (Phi) is 4.83. The first kappa shape index (κ1) is 17.6. The number of aliphatic hydroxyl groups excluding tert-OH is 1. The summed E-state index contributed by atoms with van der Waals surface area (Å²) in [6, 6.07) is 13.6. The van der Waals surface area contributed by atoms with Crippen molar-refractivity contribution in [2.24, 2.45) is 0 Å². The van der Waals surface area contributed by atoms with Gasteiger partial charge in [0.1, 0.15) is 11.5 Å². The molecule has 6 heteroatoms. The molecule has 0 fully saturated rings. The Morgan fingerprint density at radius 1 is 1.11 bits per heavy atom. The van der Waals surface area contributed by atoms with Crippen molar-refractivity contribution in [1.82, 2.24) is 9.88 Å². The molecule has 1 atom stereocenters. The van der Waals surface area contributed by atoms with Gasteiger partial charge >= 0.3 is 0 Å². The van der Waals surface area contributed by atoms with Crippen molar-refractivity contribution in [2.45, 2.75) is 19.2 Å². The highest BCUT2D eigenvalue weighted by Gasteiger charge is 2.30. The van der Waals surface area contributed by atoms with Gasteiger partial charge in [0.2, 0.25) is 5.89 Å². The molecular formula is C21H22N2O4. The van der Waals surface area contributed by atoms with E-state index in [1.54, 1.807) is 20.4 Å². The van der Waals surface area contributed by atoms with Crippen LogP contribution < -0.4 is 9.47 Å². The number of oxazole rings is 1. The highest BCUT2D eigenvalue weighted by Crippen LogP contribution is 2.39. The second-order valence-electron chi connectivity index (χ2n) is 6.53. The lowest BCUT2D eigenvalue weighted by atomic mass is 9.95. The van der Waals surface area contributed by atoms with Gasteiger partial charge < -0.3 is 19.0 Å². The van der Waals surface area contributed by atoms with Gasteiger partial charge in [-0.1, -0.05) is 30.3 Å². The number of rotatable bonds is 5. The van der Waals surface area contributed by atoms with Gasteiger partial charge in [-0.25, -0.2) is 4.98 Å². The van der Waals surface area contributed by atoms with E-state index in [-0.39, 0.29) is 0 Å². The molecule has 0 saturated heterocycles. The zero-order valence-electron chi connectivity index (χ0n) is 15.4. The van der Waals surface area contributed by atoms with Crippen molar-refractivity contribution in [3.05, 3.63) is 65.7 Å². The number of β-amino-alcohol motifs (C(OH)–C–C–N with tert-alkyl or cyclic N) is 1. The van der Waals surface area contributed by atoms with E-state index in [1.165, 1.54) is 0 Å². The third-order valence-corrected chi connectivity index (χ3v) is 4.83. The second kappa shape index (κ2) is 7.42. The minimum Gasteiger partial charge on any atom is -0.496 e. The second-order valence-corrected chi connectivity index (χ2v) is 6.53. The molecule has 0 amide bonds. The molecule has 0 aliphatic carbocycles. The maximum absolute atomic E-state index is 10.7. The van der Waals surface area contributed by atoms with Crippen LogP contribution in [0.5, 0.6) is 11.5 Å². The Hall–Kier alpha value is -2.83. The monoisotopic (exact) mass is 366 g/mol. The summed E-state index contributed by atoms with van der Waals surface area (Å²) >= 11 is 0. The average Bonchev–Trinajstić information content (AvgIpc) is 3.16. The summed E-state index contributed by atoms with van der Waals surface area (Å²) < 4.78 is 16.8. The molecule has 4 rings (SSSR count). The number of hydrogen-bond donors (Lipinski definition) is 1. The SMILES string of the molecule is COc1ccc(OC)c2c1CN(Cc1ncc(-c3ccccc3)o1)CC2O. The Balaban J connectivity index is 1.57. The van der Waals surface area contributed by atoms with E-state index in [0.29, 0.717) is 31.3 Å². The van der Waals surface area contributed by atoms with Crippen molar-refractivity contribution in [3.8, 4) is 22.8 Å². The Bertz CT molecular complexity index is 923. The summed E-state index contributed by atoms with van der Waals surface area (Å²) in [7, 11) is 3.24. The van der Waals surface area contributed by atoms with E-state index < -0.39 is 6.10 Å². The van der Waals surface area contributed by atoms with Crippen molar-refractivity contribution in [1.29, 1.82) is 0 Å². The summed E-state index contributed by atoms with van der Waals surface area (Å²) in [6.07, 6.45) is 1.07. The van der Waals surface area contributed by atoms with Crippen LogP contribution in [0.2, 0.25) is 0 Å². The van der Waals surface area contributed by atoms with Gasteiger partial charge in [-0.3, -0.25) is 4.90 Å². The molecule has 1 unspecified atom stereocenters. The van der Waals surface area contributed by atoms with E-state index in [9.17, 15) is 5.11 Å². The van der Waals surface area contributed by atoms with E-state index in [2.05, 4.69) is 9.88 Å². The van der Waals surface area contributed by atoms with Gasteiger partial charge in [0, 0.05) is 29.8 Å². The molecule has 6 nitrogen and oxygen atoms in total. The lowest BCUT2D eigenvalue weighted by Crippen LogP contribution is -2.33. The van der Waals surface area contributed by atoms with E-state index in [4.69, 9.17) is 13.9 Å². The molecule has 140 valence electrons. The Labute approximate surface area is 158 Å². The number of aromatic nitrogens is 1. The number of aliphatic hydroxyl groups is 1. The zero-order valence-corrected chi connectivity index (χ0v) is 15.4. The summed E-state index contributed by atoms with van der Waals surface area (Å²) in [5.41, 5.74) is 2.72. The number of benzene rings is 2. The molecule has 3 aromatic rings. The van der Waals surface area contributed by atoms with Gasteiger partial charge in [-0.2, -0.15) is 0 Å². The topological polar surface area (TPSA) is 68.0 Å². The average molecular weight is 366 g/mol. The van der Waals surface area contributed by atoms with Gasteiger partial charge in [0.15, 0.2) is 5.76 Å². The van der Waals surface area contributed by atoms with Crippen LogP contribution in [0.25, 0.3) is 11.3 Å². The molecule has 2 heterocycles. The number of fused-ring (bicyclic) bond motifs is 1. The van der Waals surface area contributed by atoms with Crippen LogP contribution in [0.3, 0.4) is 0 Å². The molecule has 2 aromatic carbocycles. The molecule has 0 spiro atoms. The Morgan fingerprint density at radius 2 is 1.85 bits per heavy atom. The summed E-state index contributed by atoms with van der Waals surface area (Å²) in [6.45, 7) is 1.60. The summed E-state index contributed by atoms with van der Waals surface area (Å²) in [5.74, 6) is 2.78. The smallest absolute Gasteiger partial charge is 0.209 e. The normalized spacial score (nSPS) is 16.8. The summed E-state index contributed by atoms with van der Waals surface area (Å²) in [5, 5.41) is 10.7. The van der Waals surface area contributed by atoms with Crippen LogP contribution in [0.1, 0.15) is 23.1 Å². The molecule has 0 saturated carbocycles. The van der Waals surface area contributed by atoms with Gasteiger partial charge in [-0.15, -0.1) is 0 Å². The maximum atomic E-state index is 10.7. The number of nitrogens with zero attached hydrogens (tertiary/aromatic N) is 2. The van der Waals surface area contributed by atoms with Crippen LogP contribution in [-0.4, -0.2) is 35.8 Å². The van der Waals surface area contributed by atoms with Gasteiger partial charge in [0.05, 0.1) is 33.1 Å². The predicted molar refractivity (Wildman–Crippen MR) is 101 cm³/mol. The van der Waals surface area contributed by atoms with Crippen molar-refractivity contribution < 1.29 is 19.0 Å². The highest BCUT2D eigenvalue weighted by atomic mass is 16.5. The predicted octanol–water partition coefficient (Wildman–Crippen LogP) is 3.41. The molecule has 1 N–H and O–H groups in total. The van der Waals surface area contributed by atoms with E-state index in [0.717, 1.165) is 28.2 Å². The lowest BCUT2D eigenvalue weighted by Gasteiger charge is -2.33. The maximum Gasteiger partial charge on any atom is 0.209 e. The standard InChI is InChI=1S/C21H22N2O4/c1-25-17-8-9-18(26-2)21-15(17)11-23(12-16(21)24)13-20-22-10-19(27-20)14-6-4-3-5-7-14/h3-10,16,24H,11-13H2,1-2H3. The molecule has 1 aliphatic rings. The fourth-order valence-electron chi connectivity index (χ4n) is 3.58. The molecule has 27 heavy (non-hydrogen) atoms. The van der Waals surface area contributed by atoms with Crippen LogP contribution in [-0.2, 0) is 13.1 Å². The van der Waals surface area contributed by atoms with Gasteiger partial charge in [-0.05, 0) is 12.1 Å². The quantitative estimate of drug-likeness (QED) is 0.746. The van der Waals surface area contributed by atoms with E-state index in [1.807, 2.05) is 42.5 Å². The lowest BCUT2D eigenvalue weighted by molar-refractivity contribution is 0.0794. The first-order valence-corrected chi connectivity index (χ1v) is 8.84. The van der Waals surface area contributed by atoms with Crippen molar-refractivity contribution in [2.75, 3.05) is 20.8 Å². The zero-order chi connectivity index (χ0) is 18.8. The first-order chi connectivity index (χ1) is 13.2. The van der Waals surface area contributed by atoms with Gasteiger partial charge in [0.25, 0.3) is 0 Å². The van der Waals surface area contributed by atoms with Crippen LogP contribution in [0.4, 0.5) is 0 Å². The minimum atomic E-state index is -0.664. The third kappa shape index (κ3) is 3.41. The van der Waals surface area contributed by atoms with Crippen molar-refractivity contribution in [3.63, 3.8) is 0 Å². The Morgan fingerprint density at radius 3 is 2.59 bits per heavy atom. The fraction of sp³-hybridized carbons (Fsp3) is 0.286. The molecule has 1 aliphatic heterocycles. The largest absolute Gasteiger partial charge is 0.496 e. The van der Waals surface area contributed by atoms with Crippen LogP contribution in [0.15, 0.2) is 53.1 Å². The van der Waals surface area contributed by atoms with E-state index >= 15 is 0 Å².